The number of rotatable bonds is 5. The van der Waals surface area contributed by atoms with Crippen LogP contribution < -0.4 is 15.1 Å². The van der Waals surface area contributed by atoms with Crippen molar-refractivity contribution in [1.29, 1.82) is 0 Å². The van der Waals surface area contributed by atoms with Gasteiger partial charge in [0.15, 0.2) is 16.6 Å². The second-order valence-corrected chi connectivity index (χ2v) is 8.57. The van der Waals surface area contributed by atoms with Crippen molar-refractivity contribution in [3.63, 3.8) is 0 Å². The molecule has 1 N–H and O–H groups in total. The van der Waals surface area contributed by atoms with Crippen molar-refractivity contribution in [2.75, 3.05) is 29.4 Å². The standard InChI is InChI=1S/C21H24N6OS/c28-20(22-13-15-7-2-1-3-8-15)16-9-6-12-27(16)21-25-18-17(29-21)19(24-14-23-18)26-10-4-5-11-26/h1-3,7-8,14,16H,4-6,9-13H2,(H,22,28). The highest BCUT2D eigenvalue weighted by atomic mass is 32.1. The van der Waals surface area contributed by atoms with Gasteiger partial charge in [-0.15, -0.1) is 0 Å². The zero-order valence-electron chi connectivity index (χ0n) is 16.3. The summed E-state index contributed by atoms with van der Waals surface area (Å²) in [6.07, 6.45) is 5.85. The van der Waals surface area contributed by atoms with Gasteiger partial charge in [-0.3, -0.25) is 4.79 Å². The minimum atomic E-state index is -0.178. The molecule has 0 bridgehead atoms. The third-order valence-corrected chi connectivity index (χ3v) is 6.76. The second kappa shape index (κ2) is 7.94. The molecule has 8 heteroatoms. The molecule has 2 fully saturated rings. The molecular weight excluding hydrogens is 384 g/mol. The average molecular weight is 409 g/mol. The van der Waals surface area contributed by atoms with Crippen LogP contribution in [0.3, 0.4) is 0 Å². The zero-order chi connectivity index (χ0) is 19.6. The largest absolute Gasteiger partial charge is 0.355 e. The van der Waals surface area contributed by atoms with Gasteiger partial charge in [0.25, 0.3) is 0 Å². The van der Waals surface area contributed by atoms with Gasteiger partial charge in [-0.25, -0.2) is 9.97 Å². The maximum atomic E-state index is 12.9. The number of benzene rings is 1. The molecule has 0 aliphatic carbocycles. The Morgan fingerprint density at radius 2 is 1.93 bits per heavy atom. The first-order valence-electron chi connectivity index (χ1n) is 10.2. The number of hydrogen-bond donors (Lipinski definition) is 1. The van der Waals surface area contributed by atoms with E-state index in [-0.39, 0.29) is 11.9 Å². The Morgan fingerprint density at radius 1 is 1.10 bits per heavy atom. The molecule has 0 spiro atoms. The maximum absolute atomic E-state index is 12.9. The molecule has 1 unspecified atom stereocenters. The molecule has 5 rings (SSSR count). The van der Waals surface area contributed by atoms with E-state index in [1.54, 1.807) is 17.7 Å². The van der Waals surface area contributed by atoms with Crippen molar-refractivity contribution in [3.8, 4) is 0 Å². The highest BCUT2D eigenvalue weighted by Gasteiger charge is 2.33. The Morgan fingerprint density at radius 3 is 2.76 bits per heavy atom. The summed E-state index contributed by atoms with van der Waals surface area (Å²) in [5.74, 6) is 1.05. The van der Waals surface area contributed by atoms with Crippen LogP contribution in [0.4, 0.5) is 10.9 Å². The first-order chi connectivity index (χ1) is 14.3. The van der Waals surface area contributed by atoms with Gasteiger partial charge in [-0.05, 0) is 31.2 Å². The van der Waals surface area contributed by atoms with E-state index in [1.807, 2.05) is 30.3 Å². The van der Waals surface area contributed by atoms with E-state index in [0.29, 0.717) is 6.54 Å². The lowest BCUT2D eigenvalue weighted by Gasteiger charge is -2.23. The third-order valence-electron chi connectivity index (χ3n) is 5.68. The van der Waals surface area contributed by atoms with Crippen LogP contribution in [0.2, 0.25) is 0 Å². The fourth-order valence-electron chi connectivity index (χ4n) is 4.18. The normalized spacial score (nSPS) is 19.2. The van der Waals surface area contributed by atoms with Crippen molar-refractivity contribution in [2.45, 2.75) is 38.3 Å². The number of anilines is 2. The number of hydrogen-bond acceptors (Lipinski definition) is 7. The van der Waals surface area contributed by atoms with E-state index in [9.17, 15) is 4.79 Å². The minimum Gasteiger partial charge on any atom is -0.355 e. The molecule has 0 radical (unpaired) electrons. The molecule has 2 aromatic heterocycles. The van der Waals surface area contributed by atoms with E-state index in [2.05, 4.69) is 25.1 Å². The van der Waals surface area contributed by atoms with Gasteiger partial charge in [-0.2, -0.15) is 4.98 Å². The molecule has 2 aliphatic heterocycles. The first-order valence-corrected chi connectivity index (χ1v) is 11.1. The summed E-state index contributed by atoms with van der Waals surface area (Å²) in [6, 6.07) is 9.84. The minimum absolute atomic E-state index is 0.0662. The fourth-order valence-corrected chi connectivity index (χ4v) is 5.29. The van der Waals surface area contributed by atoms with Crippen LogP contribution in [0, 0.1) is 0 Å². The van der Waals surface area contributed by atoms with Crippen LogP contribution in [-0.2, 0) is 11.3 Å². The first kappa shape index (κ1) is 18.3. The molecule has 29 heavy (non-hydrogen) atoms. The number of carbonyl (C=O) groups excluding carboxylic acids is 1. The van der Waals surface area contributed by atoms with Crippen molar-refractivity contribution in [1.82, 2.24) is 20.3 Å². The topological polar surface area (TPSA) is 74.2 Å². The molecule has 1 atom stereocenters. The Kier molecular flexibility index (Phi) is 5.01. The summed E-state index contributed by atoms with van der Waals surface area (Å²) >= 11 is 1.61. The highest BCUT2D eigenvalue weighted by Crippen LogP contribution is 2.37. The molecule has 2 aliphatic rings. The van der Waals surface area contributed by atoms with Crippen molar-refractivity contribution in [3.05, 3.63) is 42.2 Å². The van der Waals surface area contributed by atoms with Gasteiger partial charge in [0.1, 0.15) is 17.1 Å². The monoisotopic (exact) mass is 408 g/mol. The van der Waals surface area contributed by atoms with Gasteiger partial charge in [0.05, 0.1) is 0 Å². The number of nitrogens with zero attached hydrogens (tertiary/aromatic N) is 5. The highest BCUT2D eigenvalue weighted by molar-refractivity contribution is 7.22. The molecule has 0 saturated carbocycles. The number of carbonyl (C=O) groups is 1. The number of thiazole rings is 1. The molecule has 7 nitrogen and oxygen atoms in total. The van der Waals surface area contributed by atoms with Crippen LogP contribution in [0.5, 0.6) is 0 Å². The molecular formula is C21H24N6OS. The van der Waals surface area contributed by atoms with Gasteiger partial charge in [0.2, 0.25) is 5.91 Å². The van der Waals surface area contributed by atoms with E-state index in [1.165, 1.54) is 12.8 Å². The van der Waals surface area contributed by atoms with Crippen LogP contribution in [0.1, 0.15) is 31.2 Å². The molecule has 150 valence electrons. The lowest BCUT2D eigenvalue weighted by atomic mass is 10.2. The van der Waals surface area contributed by atoms with Crippen LogP contribution >= 0.6 is 11.3 Å². The maximum Gasteiger partial charge on any atom is 0.243 e. The molecule has 1 aromatic carbocycles. The lowest BCUT2D eigenvalue weighted by molar-refractivity contribution is -0.122. The smallest absolute Gasteiger partial charge is 0.243 e. The average Bonchev–Trinajstić information content (AvgIpc) is 3.52. The summed E-state index contributed by atoms with van der Waals surface area (Å²) in [5.41, 5.74) is 1.84. The summed E-state index contributed by atoms with van der Waals surface area (Å²) in [4.78, 5) is 31.0. The quantitative estimate of drug-likeness (QED) is 0.700. The molecule has 2 saturated heterocycles. The molecule has 4 heterocycles. The summed E-state index contributed by atoms with van der Waals surface area (Å²) in [7, 11) is 0. The van der Waals surface area contributed by atoms with Gasteiger partial charge >= 0.3 is 0 Å². The van der Waals surface area contributed by atoms with E-state index >= 15 is 0 Å². The van der Waals surface area contributed by atoms with Gasteiger partial charge in [-0.1, -0.05) is 41.7 Å². The van der Waals surface area contributed by atoms with Crippen molar-refractivity contribution < 1.29 is 4.79 Å². The molecule has 1 amide bonds. The van der Waals surface area contributed by atoms with E-state index in [4.69, 9.17) is 4.98 Å². The summed E-state index contributed by atoms with van der Waals surface area (Å²) in [6.45, 7) is 3.46. The Labute approximate surface area is 173 Å². The summed E-state index contributed by atoms with van der Waals surface area (Å²) < 4.78 is 1.03. The number of fused-ring (bicyclic) bond motifs is 1. The molecule has 3 aromatic rings. The predicted octanol–water partition coefficient (Wildman–Crippen LogP) is 2.97. The van der Waals surface area contributed by atoms with Crippen molar-refractivity contribution in [2.24, 2.45) is 0 Å². The van der Waals surface area contributed by atoms with Crippen LogP contribution in [-0.4, -0.2) is 46.5 Å². The second-order valence-electron chi connectivity index (χ2n) is 7.60. The SMILES string of the molecule is O=C(NCc1ccccc1)C1CCCN1c1nc2ncnc(N3CCCC3)c2s1. The Balaban J connectivity index is 1.36. The van der Waals surface area contributed by atoms with Crippen LogP contribution in [0.25, 0.3) is 10.3 Å². The van der Waals surface area contributed by atoms with Crippen LogP contribution in [0.15, 0.2) is 36.7 Å². The number of aromatic nitrogens is 3. The fraction of sp³-hybridized carbons (Fsp3) is 0.429. The lowest BCUT2D eigenvalue weighted by Crippen LogP contribution is -2.43. The van der Waals surface area contributed by atoms with Gasteiger partial charge < -0.3 is 15.1 Å². The van der Waals surface area contributed by atoms with Gasteiger partial charge in [0, 0.05) is 26.2 Å². The summed E-state index contributed by atoms with van der Waals surface area (Å²) in [5, 5.41) is 3.96. The third kappa shape index (κ3) is 3.64. The number of amides is 1. The van der Waals surface area contributed by atoms with E-state index in [0.717, 1.165) is 59.3 Å². The zero-order valence-corrected chi connectivity index (χ0v) is 17.1. The van der Waals surface area contributed by atoms with E-state index < -0.39 is 0 Å². The Bertz CT molecular complexity index is 1000. The number of nitrogens with one attached hydrogen (secondary N) is 1. The predicted molar refractivity (Wildman–Crippen MR) is 115 cm³/mol. The Hall–Kier alpha value is -2.74. The van der Waals surface area contributed by atoms with Crippen molar-refractivity contribution >= 4 is 38.5 Å².